The van der Waals surface area contributed by atoms with Gasteiger partial charge in [0, 0.05) is 36.3 Å². The van der Waals surface area contributed by atoms with Crippen molar-refractivity contribution in [2.24, 2.45) is 0 Å². The first kappa shape index (κ1) is 20.6. The highest BCUT2D eigenvalue weighted by Gasteiger charge is 2.48. The Hall–Kier alpha value is -3.62. The molecule has 2 heterocycles. The standard InChI is InChI=1S/C22H21F2N5O2/c1-25-21(31)13-4-6-18(30)15(9-13)17-5-7-19(29-28-17)27-12-22(10-14(23)11-22)20-16(24)3-2-8-26-20/h2-9,14,30H,10-12H2,1H3,(H,25,31)(H,27,29). The van der Waals surface area contributed by atoms with Gasteiger partial charge in [-0.2, -0.15) is 0 Å². The number of alkyl halides is 1. The maximum Gasteiger partial charge on any atom is 0.251 e. The van der Waals surface area contributed by atoms with Gasteiger partial charge in [0.15, 0.2) is 0 Å². The van der Waals surface area contributed by atoms with Gasteiger partial charge in [-0.1, -0.05) is 0 Å². The Labute approximate surface area is 177 Å². The molecule has 0 radical (unpaired) electrons. The number of phenolic OH excluding ortho intramolecular Hbond substituents is 1. The van der Waals surface area contributed by atoms with Gasteiger partial charge in [0.2, 0.25) is 0 Å². The number of rotatable bonds is 6. The molecule has 0 spiro atoms. The Bertz CT molecular complexity index is 1100. The molecule has 160 valence electrons. The zero-order chi connectivity index (χ0) is 22.0. The molecule has 1 saturated carbocycles. The van der Waals surface area contributed by atoms with Crippen LogP contribution in [0.5, 0.6) is 5.75 Å². The third kappa shape index (κ3) is 4.03. The van der Waals surface area contributed by atoms with E-state index in [-0.39, 0.29) is 36.7 Å². The molecule has 1 amide bonds. The van der Waals surface area contributed by atoms with Crippen LogP contribution < -0.4 is 10.6 Å². The van der Waals surface area contributed by atoms with E-state index in [0.29, 0.717) is 22.6 Å². The average Bonchev–Trinajstić information content (AvgIpc) is 2.76. The van der Waals surface area contributed by atoms with E-state index in [4.69, 9.17) is 0 Å². The fourth-order valence-electron chi connectivity index (χ4n) is 3.84. The summed E-state index contributed by atoms with van der Waals surface area (Å²) in [6.45, 7) is 0.257. The van der Waals surface area contributed by atoms with E-state index < -0.39 is 17.4 Å². The minimum atomic E-state index is -0.993. The summed E-state index contributed by atoms with van der Waals surface area (Å²) in [5.74, 6) is -0.352. The lowest BCUT2D eigenvalue weighted by Gasteiger charge is -2.44. The predicted octanol–water partition coefficient (Wildman–Crippen LogP) is 3.22. The number of halogens is 2. The first-order valence-electron chi connectivity index (χ1n) is 9.80. The SMILES string of the molecule is CNC(=O)c1ccc(O)c(-c2ccc(NCC3(c4ncccc4F)CC(F)C3)nn2)c1. The summed E-state index contributed by atoms with van der Waals surface area (Å²) in [6.07, 6.45) is 0.867. The van der Waals surface area contributed by atoms with Crippen LogP contribution in [0.4, 0.5) is 14.6 Å². The lowest BCUT2D eigenvalue weighted by Crippen LogP contribution is -2.49. The number of aromatic nitrogens is 3. The maximum absolute atomic E-state index is 14.3. The molecule has 2 aromatic heterocycles. The second-order valence-electron chi connectivity index (χ2n) is 7.59. The summed E-state index contributed by atoms with van der Waals surface area (Å²) in [5.41, 5.74) is 0.630. The molecule has 31 heavy (non-hydrogen) atoms. The third-order valence-corrected chi connectivity index (χ3v) is 5.52. The zero-order valence-corrected chi connectivity index (χ0v) is 16.8. The Morgan fingerprint density at radius 2 is 2.03 bits per heavy atom. The molecule has 4 rings (SSSR count). The van der Waals surface area contributed by atoms with Gasteiger partial charge in [-0.25, -0.2) is 8.78 Å². The number of carbonyl (C=O) groups is 1. The number of phenols is 1. The molecule has 3 N–H and O–H groups in total. The fourth-order valence-corrected chi connectivity index (χ4v) is 3.84. The molecule has 0 unspecified atom stereocenters. The van der Waals surface area contributed by atoms with Crippen molar-refractivity contribution in [1.82, 2.24) is 20.5 Å². The van der Waals surface area contributed by atoms with Crippen LogP contribution >= 0.6 is 0 Å². The van der Waals surface area contributed by atoms with Gasteiger partial charge in [-0.15, -0.1) is 10.2 Å². The highest BCUT2D eigenvalue weighted by molar-refractivity contribution is 5.95. The van der Waals surface area contributed by atoms with Crippen molar-refractivity contribution in [2.75, 3.05) is 18.9 Å². The Morgan fingerprint density at radius 3 is 2.68 bits per heavy atom. The fraction of sp³-hybridized carbons (Fsp3) is 0.273. The number of hydrogen-bond donors (Lipinski definition) is 3. The Kier molecular flexibility index (Phi) is 5.50. The summed E-state index contributed by atoms with van der Waals surface area (Å²) in [4.78, 5) is 16.0. The van der Waals surface area contributed by atoms with Gasteiger partial charge in [0.1, 0.15) is 23.6 Å². The molecule has 0 aliphatic heterocycles. The third-order valence-electron chi connectivity index (χ3n) is 5.52. The quantitative estimate of drug-likeness (QED) is 0.561. The number of nitrogens with one attached hydrogen (secondary N) is 2. The number of pyridine rings is 1. The maximum atomic E-state index is 14.3. The lowest BCUT2D eigenvalue weighted by molar-refractivity contribution is 0.0958. The Morgan fingerprint density at radius 1 is 1.23 bits per heavy atom. The first-order valence-corrected chi connectivity index (χ1v) is 9.80. The second kappa shape index (κ2) is 8.25. The number of amides is 1. The van der Waals surface area contributed by atoms with Crippen molar-refractivity contribution in [1.29, 1.82) is 0 Å². The number of anilines is 1. The summed E-state index contributed by atoms with van der Waals surface area (Å²) in [6, 6.07) is 10.6. The second-order valence-corrected chi connectivity index (χ2v) is 7.59. The number of nitrogens with zero attached hydrogens (tertiary/aromatic N) is 3. The van der Waals surface area contributed by atoms with E-state index in [9.17, 15) is 18.7 Å². The van der Waals surface area contributed by atoms with Crippen molar-refractivity contribution in [3.8, 4) is 17.0 Å². The van der Waals surface area contributed by atoms with E-state index in [1.807, 2.05) is 0 Å². The molecule has 1 aromatic carbocycles. The van der Waals surface area contributed by atoms with Gasteiger partial charge >= 0.3 is 0 Å². The smallest absolute Gasteiger partial charge is 0.251 e. The van der Waals surface area contributed by atoms with Crippen molar-refractivity contribution in [2.45, 2.75) is 24.4 Å². The summed E-state index contributed by atoms with van der Waals surface area (Å²) in [5, 5.41) is 24.0. The van der Waals surface area contributed by atoms with Gasteiger partial charge in [-0.05, 0) is 55.3 Å². The van der Waals surface area contributed by atoms with E-state index in [1.54, 1.807) is 12.1 Å². The van der Waals surface area contributed by atoms with Crippen LogP contribution in [-0.2, 0) is 5.41 Å². The highest BCUT2D eigenvalue weighted by atomic mass is 19.1. The average molecular weight is 425 g/mol. The van der Waals surface area contributed by atoms with E-state index in [1.165, 1.54) is 43.6 Å². The zero-order valence-electron chi connectivity index (χ0n) is 16.8. The molecule has 0 saturated heterocycles. The number of hydrogen-bond acceptors (Lipinski definition) is 6. The normalized spacial score (nSPS) is 20.0. The van der Waals surface area contributed by atoms with Gasteiger partial charge < -0.3 is 15.7 Å². The van der Waals surface area contributed by atoms with Gasteiger partial charge in [-0.3, -0.25) is 9.78 Å². The van der Waals surface area contributed by atoms with E-state index in [0.717, 1.165) is 0 Å². The highest BCUT2D eigenvalue weighted by Crippen LogP contribution is 2.45. The molecule has 0 bridgehead atoms. The van der Waals surface area contributed by atoms with Crippen LogP contribution in [0.1, 0.15) is 28.9 Å². The summed E-state index contributed by atoms with van der Waals surface area (Å²) < 4.78 is 28.0. The van der Waals surface area contributed by atoms with Crippen molar-refractivity contribution < 1.29 is 18.7 Å². The number of benzene rings is 1. The molecule has 1 fully saturated rings. The van der Waals surface area contributed by atoms with Gasteiger partial charge in [0.25, 0.3) is 5.91 Å². The Balaban J connectivity index is 1.52. The molecule has 7 nitrogen and oxygen atoms in total. The topological polar surface area (TPSA) is 100 Å². The van der Waals surface area contributed by atoms with Crippen LogP contribution in [0, 0.1) is 5.82 Å². The number of aromatic hydroxyl groups is 1. The summed E-state index contributed by atoms with van der Waals surface area (Å²) >= 11 is 0. The number of carbonyl (C=O) groups excluding carboxylic acids is 1. The largest absolute Gasteiger partial charge is 0.507 e. The molecular weight excluding hydrogens is 404 g/mol. The van der Waals surface area contributed by atoms with Crippen LogP contribution in [0.15, 0.2) is 48.7 Å². The molecule has 9 heteroatoms. The van der Waals surface area contributed by atoms with E-state index in [2.05, 4.69) is 25.8 Å². The van der Waals surface area contributed by atoms with Crippen LogP contribution in [0.25, 0.3) is 11.3 Å². The van der Waals surface area contributed by atoms with Crippen LogP contribution in [-0.4, -0.2) is 46.0 Å². The minimum Gasteiger partial charge on any atom is -0.507 e. The molecule has 3 aromatic rings. The first-order chi connectivity index (χ1) is 14.9. The van der Waals surface area contributed by atoms with Crippen molar-refractivity contribution >= 4 is 11.7 Å². The van der Waals surface area contributed by atoms with Crippen LogP contribution in [0.2, 0.25) is 0 Å². The van der Waals surface area contributed by atoms with Crippen LogP contribution in [0.3, 0.4) is 0 Å². The molecule has 0 atom stereocenters. The van der Waals surface area contributed by atoms with E-state index >= 15 is 0 Å². The van der Waals surface area contributed by atoms with Gasteiger partial charge in [0.05, 0.1) is 11.4 Å². The lowest BCUT2D eigenvalue weighted by atomic mass is 9.65. The van der Waals surface area contributed by atoms with Crippen molar-refractivity contribution in [3.63, 3.8) is 0 Å². The monoisotopic (exact) mass is 425 g/mol. The molecule has 1 aliphatic rings. The minimum absolute atomic E-state index is 0.0318. The molecule has 1 aliphatic carbocycles. The van der Waals surface area contributed by atoms with Crippen molar-refractivity contribution in [3.05, 3.63) is 65.7 Å². The molecular formula is C22H21F2N5O2. The summed E-state index contributed by atoms with van der Waals surface area (Å²) in [7, 11) is 1.52. The predicted molar refractivity (Wildman–Crippen MR) is 111 cm³/mol.